The van der Waals surface area contributed by atoms with Crippen molar-refractivity contribution < 1.29 is 0 Å². The van der Waals surface area contributed by atoms with E-state index in [9.17, 15) is 0 Å². The van der Waals surface area contributed by atoms with E-state index in [1.807, 2.05) is 0 Å². The molecule has 0 atom stereocenters. The van der Waals surface area contributed by atoms with Gasteiger partial charge in [-0.1, -0.05) is 138 Å². The molecule has 0 saturated heterocycles. The van der Waals surface area contributed by atoms with Crippen LogP contribution >= 0.6 is 31.7 Å². The molecule has 0 N–H and O–H groups in total. The molecule has 0 aliphatic rings. The molecule has 0 fully saturated rings. The lowest BCUT2D eigenvalue weighted by Gasteiger charge is -2.31. The molecule has 3 rings (SSSR count). The van der Waals surface area contributed by atoms with E-state index in [4.69, 9.17) is 0 Å². The molecule has 0 amide bonds. The van der Waals surface area contributed by atoms with Gasteiger partial charge in [-0.25, -0.2) is 0 Å². The van der Waals surface area contributed by atoms with Crippen LogP contribution in [0, 0.1) is 0 Å². The van der Waals surface area contributed by atoms with Gasteiger partial charge in [0, 0.05) is 0 Å². The van der Waals surface area contributed by atoms with Gasteiger partial charge >= 0.3 is 0 Å². The molecule has 0 radical (unpaired) electrons. The van der Waals surface area contributed by atoms with E-state index in [1.165, 1.54) is 37.0 Å². The molecule has 0 aliphatic heterocycles. The maximum Gasteiger partial charge on any atom is -0.00738 e. The number of benzene rings is 3. The van der Waals surface area contributed by atoms with Crippen LogP contribution in [0.1, 0.15) is 41.5 Å². The van der Waals surface area contributed by atoms with Gasteiger partial charge in [0.1, 0.15) is 0 Å². The fourth-order valence-electron chi connectivity index (χ4n) is 4.84. The van der Waals surface area contributed by atoms with Crippen LogP contribution in [0.15, 0.2) is 72.8 Å². The predicted octanol–water partition coefficient (Wildman–Crippen LogP) is 6.89. The molecule has 0 spiro atoms. The third-order valence-electron chi connectivity index (χ3n) is 6.68. The first-order valence-electron chi connectivity index (χ1n) is 13.0. The summed E-state index contributed by atoms with van der Waals surface area (Å²) in [6.45, 7) is 14.3. The van der Waals surface area contributed by atoms with Gasteiger partial charge in [0.15, 0.2) is 0 Å². The monoisotopic (exact) mass is 526 g/mol. The largest absolute Gasteiger partial charge is 0.0751 e. The Morgan fingerprint density at radius 1 is 0.353 bits per heavy atom. The molecule has 0 aliphatic carbocycles. The SMILES string of the molecule is CCP(CC)c1ccccc1P(c1ccccc1P(CC)CC)c1ccccc1P(CC)CC. The van der Waals surface area contributed by atoms with Crippen LogP contribution in [-0.4, -0.2) is 37.0 Å². The molecule has 0 nitrogen and oxygen atoms in total. The molecule has 182 valence electrons. The van der Waals surface area contributed by atoms with E-state index in [2.05, 4.69) is 114 Å². The zero-order chi connectivity index (χ0) is 24.5. The van der Waals surface area contributed by atoms with Gasteiger partial charge in [-0.2, -0.15) is 0 Å². The molecule has 4 heteroatoms. The van der Waals surface area contributed by atoms with Gasteiger partial charge in [-0.3, -0.25) is 0 Å². The molecule has 3 aromatic carbocycles. The lowest BCUT2D eigenvalue weighted by atomic mass is 10.3. The first-order valence-corrected chi connectivity index (χ1v) is 19.4. The van der Waals surface area contributed by atoms with Gasteiger partial charge in [0.2, 0.25) is 0 Å². The van der Waals surface area contributed by atoms with Crippen LogP contribution in [0.2, 0.25) is 0 Å². The van der Waals surface area contributed by atoms with Crippen LogP contribution in [0.25, 0.3) is 0 Å². The predicted molar refractivity (Wildman–Crippen MR) is 168 cm³/mol. The molecule has 0 aromatic heterocycles. The Morgan fingerprint density at radius 2 is 0.559 bits per heavy atom. The Bertz CT molecular complexity index is 888. The second-order valence-corrected chi connectivity index (χ2v) is 18.9. The van der Waals surface area contributed by atoms with E-state index < -0.39 is 7.92 Å². The normalized spacial score (nSPS) is 11.8. The van der Waals surface area contributed by atoms with Gasteiger partial charge < -0.3 is 0 Å². The second kappa shape index (κ2) is 14.2. The Kier molecular flexibility index (Phi) is 11.7. The Hall–Kier alpha value is -0.620. The average molecular weight is 527 g/mol. The summed E-state index contributed by atoms with van der Waals surface area (Å²) >= 11 is 0. The van der Waals surface area contributed by atoms with Gasteiger partial charge in [0.25, 0.3) is 0 Å². The molecule has 0 unspecified atom stereocenters. The fraction of sp³-hybridized carbons (Fsp3) is 0.400. The molecule has 0 saturated carbocycles. The number of rotatable bonds is 12. The zero-order valence-corrected chi connectivity index (χ0v) is 25.5. The van der Waals surface area contributed by atoms with Crippen molar-refractivity contribution in [3.63, 3.8) is 0 Å². The summed E-state index contributed by atoms with van der Waals surface area (Å²) in [5.41, 5.74) is 0. The fourth-order valence-corrected chi connectivity index (χ4v) is 14.9. The summed E-state index contributed by atoms with van der Waals surface area (Å²) in [6.07, 6.45) is 7.60. The lowest BCUT2D eigenvalue weighted by Crippen LogP contribution is -2.39. The summed E-state index contributed by atoms with van der Waals surface area (Å²) in [5, 5.41) is 9.80. The third kappa shape index (κ3) is 6.19. The van der Waals surface area contributed by atoms with E-state index in [1.54, 1.807) is 31.8 Å². The van der Waals surface area contributed by atoms with E-state index in [-0.39, 0.29) is 23.8 Å². The average Bonchev–Trinajstić information content (AvgIpc) is 2.89. The van der Waals surface area contributed by atoms with Crippen molar-refractivity contribution >= 4 is 63.5 Å². The van der Waals surface area contributed by atoms with Crippen LogP contribution in [0.5, 0.6) is 0 Å². The van der Waals surface area contributed by atoms with Crippen molar-refractivity contribution in [2.24, 2.45) is 0 Å². The van der Waals surface area contributed by atoms with Gasteiger partial charge in [-0.15, -0.1) is 0 Å². The van der Waals surface area contributed by atoms with E-state index in [0.717, 1.165) is 0 Å². The summed E-state index contributed by atoms with van der Waals surface area (Å²) < 4.78 is 0. The minimum absolute atomic E-state index is 0.123. The second-order valence-electron chi connectivity index (χ2n) is 8.32. The molecular weight excluding hydrogens is 484 g/mol. The summed E-state index contributed by atoms with van der Waals surface area (Å²) in [4.78, 5) is 0. The zero-order valence-electron chi connectivity index (χ0n) is 22.0. The van der Waals surface area contributed by atoms with Crippen molar-refractivity contribution in [3.05, 3.63) is 72.8 Å². The first-order chi connectivity index (χ1) is 16.6. The van der Waals surface area contributed by atoms with Crippen LogP contribution in [0.3, 0.4) is 0 Å². The summed E-state index contributed by atoms with van der Waals surface area (Å²) in [6, 6.07) is 28.5. The molecule has 0 bridgehead atoms. The van der Waals surface area contributed by atoms with Crippen molar-refractivity contribution in [2.75, 3.05) is 37.0 Å². The highest BCUT2D eigenvalue weighted by atomic mass is 31.1. The Morgan fingerprint density at radius 3 is 0.765 bits per heavy atom. The maximum atomic E-state index is 2.48. The lowest BCUT2D eigenvalue weighted by molar-refractivity contribution is 1.42. The van der Waals surface area contributed by atoms with E-state index >= 15 is 0 Å². The van der Waals surface area contributed by atoms with E-state index in [0.29, 0.717) is 0 Å². The summed E-state index contributed by atoms with van der Waals surface area (Å²) in [7, 11) is -0.960. The third-order valence-corrected chi connectivity index (χ3v) is 17.6. The van der Waals surface area contributed by atoms with Crippen molar-refractivity contribution in [3.8, 4) is 0 Å². The molecule has 34 heavy (non-hydrogen) atoms. The Balaban J connectivity index is 2.37. The van der Waals surface area contributed by atoms with Gasteiger partial charge in [-0.05, 0) is 76.7 Å². The molecule has 0 heterocycles. The summed E-state index contributed by atoms with van der Waals surface area (Å²) in [5.74, 6) is 0. The van der Waals surface area contributed by atoms with Crippen LogP contribution < -0.4 is 31.8 Å². The molecular formula is C30H42P4. The standard InChI is InChI=1S/C30H42P4/c1-7-31(8-2)25-19-13-16-22-28(25)34(29-23-17-14-20-26(29)32(9-3)10-4)30-24-18-15-21-27(30)33(11-5)12-6/h13-24H,7-12H2,1-6H3. The van der Waals surface area contributed by atoms with Gasteiger partial charge in [0.05, 0.1) is 0 Å². The van der Waals surface area contributed by atoms with Crippen LogP contribution in [-0.2, 0) is 0 Å². The minimum atomic E-state index is -0.591. The number of hydrogen-bond donors (Lipinski definition) is 0. The minimum Gasteiger partial charge on any atom is -0.0751 e. The van der Waals surface area contributed by atoms with Crippen LogP contribution in [0.4, 0.5) is 0 Å². The van der Waals surface area contributed by atoms with Crippen molar-refractivity contribution in [1.29, 1.82) is 0 Å². The Labute approximate surface area is 214 Å². The van der Waals surface area contributed by atoms with Crippen molar-refractivity contribution in [2.45, 2.75) is 41.5 Å². The molecule has 3 aromatic rings. The van der Waals surface area contributed by atoms with Crippen molar-refractivity contribution in [1.82, 2.24) is 0 Å². The quantitative estimate of drug-likeness (QED) is 0.226. The topological polar surface area (TPSA) is 0 Å². The highest BCUT2D eigenvalue weighted by Crippen LogP contribution is 2.44. The maximum absolute atomic E-state index is 2.48. The smallest absolute Gasteiger partial charge is 0.00738 e. The highest BCUT2D eigenvalue weighted by molar-refractivity contribution is 7.85. The highest BCUT2D eigenvalue weighted by Gasteiger charge is 2.28. The number of hydrogen-bond acceptors (Lipinski definition) is 0. The first kappa shape index (κ1) is 28.0.